The van der Waals surface area contributed by atoms with E-state index in [1.807, 2.05) is 0 Å². The van der Waals surface area contributed by atoms with Crippen LogP contribution in [-0.2, 0) is 38.2 Å². The van der Waals surface area contributed by atoms with Gasteiger partial charge in [-0.25, -0.2) is 4.79 Å². The van der Waals surface area contributed by atoms with E-state index in [1.165, 1.54) is 13.8 Å². The summed E-state index contributed by atoms with van der Waals surface area (Å²) in [4.78, 5) is 70.6. The molecule has 172 valence electrons. The zero-order chi connectivity index (χ0) is 23.4. The number of aliphatic carboxylic acids is 1. The quantitative estimate of drug-likeness (QED) is 0.453. The molecule has 11 nitrogen and oxygen atoms in total. The molecule has 1 heterocycles. The van der Waals surface area contributed by atoms with E-state index >= 15 is 0 Å². The molecule has 0 saturated carbocycles. The van der Waals surface area contributed by atoms with Crippen molar-refractivity contribution in [1.29, 1.82) is 0 Å². The lowest BCUT2D eigenvalue weighted by Crippen LogP contribution is -2.49. The van der Waals surface area contributed by atoms with E-state index in [9.17, 15) is 28.8 Å². The lowest BCUT2D eigenvalue weighted by Gasteiger charge is -2.32. The number of nitrogens with one attached hydrogen (secondary N) is 2. The summed E-state index contributed by atoms with van der Waals surface area (Å²) >= 11 is 0.907. The number of carbonyl (C=O) groups excluding carboxylic acids is 5. The molecule has 31 heavy (non-hydrogen) atoms. The molecular formula is C19H26N2O9S. The number of esters is 2. The number of hydrogen-bond donors (Lipinski definition) is 3. The van der Waals surface area contributed by atoms with Crippen LogP contribution in [0.3, 0.4) is 0 Å². The fourth-order valence-electron chi connectivity index (χ4n) is 2.35. The largest absolute Gasteiger partial charge is 0.481 e. The highest BCUT2D eigenvalue weighted by molar-refractivity contribution is 8.14. The van der Waals surface area contributed by atoms with E-state index in [-0.39, 0.29) is 38.4 Å². The number of thioether (sulfide) groups is 1. The monoisotopic (exact) mass is 458 g/mol. The topological polar surface area (TPSA) is 165 Å². The Kier molecular flexibility index (Phi) is 10.7. The minimum atomic E-state index is -1.41. The summed E-state index contributed by atoms with van der Waals surface area (Å²) in [6.45, 7) is 2.93. The van der Waals surface area contributed by atoms with Gasteiger partial charge in [0.05, 0.1) is 12.8 Å². The Balaban J connectivity index is 2.92. The normalized spacial score (nSPS) is 20.4. The highest BCUT2D eigenvalue weighted by Crippen LogP contribution is 2.25. The van der Waals surface area contributed by atoms with Crippen LogP contribution < -0.4 is 10.6 Å². The van der Waals surface area contributed by atoms with Crippen LogP contribution in [0.25, 0.3) is 0 Å². The molecule has 0 aromatic rings. The molecule has 0 aliphatic carbocycles. The Hall–Kier alpha value is -2.89. The van der Waals surface area contributed by atoms with Crippen LogP contribution in [0, 0.1) is 5.41 Å². The van der Waals surface area contributed by atoms with Gasteiger partial charge in [0, 0.05) is 36.8 Å². The minimum Gasteiger partial charge on any atom is -0.481 e. The highest BCUT2D eigenvalue weighted by Gasteiger charge is 2.39. The number of rotatable bonds is 6. The standard InChI is InChI=1S/C19H26N2O9S/c1-19(2,11-29-14(25)4-3-13(23)24)17-18(28)21-8-7-12(22)20-9-10-31-16(27)6-5-15(26)30-17/h5-6,17H,3-4,7-11H2,1-2H3,(H,20,22)(H,21,28)(H,23,24)/b6-5+/t17-/m0/s1. The summed E-state index contributed by atoms with van der Waals surface area (Å²) in [7, 11) is 0. The van der Waals surface area contributed by atoms with Gasteiger partial charge in [-0.1, -0.05) is 25.6 Å². The van der Waals surface area contributed by atoms with E-state index < -0.39 is 46.9 Å². The van der Waals surface area contributed by atoms with Gasteiger partial charge in [-0.3, -0.25) is 24.0 Å². The number of carboxylic acids is 1. The Morgan fingerprint density at radius 3 is 2.55 bits per heavy atom. The lowest BCUT2D eigenvalue weighted by molar-refractivity contribution is -0.165. The molecule has 1 aliphatic rings. The third-order valence-corrected chi connectivity index (χ3v) is 4.83. The first-order chi connectivity index (χ1) is 14.5. The molecule has 0 aromatic heterocycles. The molecule has 0 aromatic carbocycles. The van der Waals surface area contributed by atoms with Gasteiger partial charge < -0.3 is 25.2 Å². The number of carbonyl (C=O) groups is 6. The molecule has 1 atom stereocenters. The van der Waals surface area contributed by atoms with Gasteiger partial charge in [0.2, 0.25) is 11.0 Å². The summed E-state index contributed by atoms with van der Waals surface area (Å²) < 4.78 is 10.3. The molecule has 1 aliphatic heterocycles. The smallest absolute Gasteiger partial charge is 0.331 e. The first kappa shape index (κ1) is 26.1. The number of carboxylic acid groups (broad SMARTS) is 1. The van der Waals surface area contributed by atoms with Gasteiger partial charge in [0.25, 0.3) is 5.91 Å². The van der Waals surface area contributed by atoms with Gasteiger partial charge in [-0.2, -0.15) is 0 Å². The van der Waals surface area contributed by atoms with Crippen molar-refractivity contribution in [3.05, 3.63) is 12.2 Å². The number of hydrogen-bond acceptors (Lipinski definition) is 9. The number of cyclic esters (lactones) is 1. The van der Waals surface area contributed by atoms with Crippen molar-refractivity contribution in [3.8, 4) is 0 Å². The van der Waals surface area contributed by atoms with Crippen LogP contribution in [0.15, 0.2) is 12.2 Å². The van der Waals surface area contributed by atoms with Crippen LogP contribution in [0.4, 0.5) is 0 Å². The van der Waals surface area contributed by atoms with Crippen LogP contribution >= 0.6 is 11.8 Å². The van der Waals surface area contributed by atoms with Crippen molar-refractivity contribution in [1.82, 2.24) is 10.6 Å². The summed E-state index contributed by atoms with van der Waals surface area (Å²) in [5, 5.41) is 13.3. The van der Waals surface area contributed by atoms with Crippen LogP contribution in [0.5, 0.6) is 0 Å². The Morgan fingerprint density at radius 1 is 1.16 bits per heavy atom. The second kappa shape index (κ2) is 12.7. The highest BCUT2D eigenvalue weighted by atomic mass is 32.2. The zero-order valence-electron chi connectivity index (χ0n) is 17.3. The van der Waals surface area contributed by atoms with Gasteiger partial charge >= 0.3 is 17.9 Å². The second-order valence-corrected chi connectivity index (χ2v) is 8.35. The third kappa shape index (κ3) is 10.6. The average Bonchev–Trinajstić information content (AvgIpc) is 2.70. The Morgan fingerprint density at radius 2 is 1.87 bits per heavy atom. The SMILES string of the molecule is CC(C)(COC(=O)CCC(=O)O)[C@H]1OC(=O)/C=C/C(=O)SCCNC(=O)CCNC1=O. The van der Waals surface area contributed by atoms with E-state index in [2.05, 4.69) is 10.6 Å². The maximum atomic E-state index is 12.6. The molecule has 0 unspecified atom stereocenters. The van der Waals surface area contributed by atoms with Crippen molar-refractivity contribution >= 4 is 46.6 Å². The van der Waals surface area contributed by atoms with E-state index in [1.54, 1.807) is 0 Å². The Labute approximate surface area is 183 Å². The Bertz CT molecular complexity index is 749. The summed E-state index contributed by atoms with van der Waals surface area (Å²) in [5.41, 5.74) is -1.19. The molecule has 0 spiro atoms. The fourth-order valence-corrected chi connectivity index (χ4v) is 2.92. The molecule has 3 N–H and O–H groups in total. The van der Waals surface area contributed by atoms with Gasteiger partial charge in [0.1, 0.15) is 6.61 Å². The van der Waals surface area contributed by atoms with Crippen molar-refractivity contribution in [2.24, 2.45) is 5.41 Å². The van der Waals surface area contributed by atoms with Crippen LogP contribution in [0.2, 0.25) is 0 Å². The lowest BCUT2D eigenvalue weighted by atomic mass is 9.86. The molecule has 0 radical (unpaired) electrons. The van der Waals surface area contributed by atoms with Crippen molar-refractivity contribution in [2.75, 3.05) is 25.4 Å². The zero-order valence-corrected chi connectivity index (χ0v) is 18.1. The first-order valence-electron chi connectivity index (χ1n) is 9.48. The summed E-state index contributed by atoms with van der Waals surface area (Å²) in [6.07, 6.45) is -0.289. The van der Waals surface area contributed by atoms with Gasteiger partial charge in [-0.15, -0.1) is 0 Å². The van der Waals surface area contributed by atoms with Crippen molar-refractivity contribution in [3.63, 3.8) is 0 Å². The number of amides is 2. The van der Waals surface area contributed by atoms with Gasteiger partial charge in [0.15, 0.2) is 6.10 Å². The van der Waals surface area contributed by atoms with Crippen LogP contribution in [0.1, 0.15) is 33.1 Å². The second-order valence-electron chi connectivity index (χ2n) is 7.25. The molecule has 0 bridgehead atoms. The van der Waals surface area contributed by atoms with Crippen LogP contribution in [-0.4, -0.2) is 71.5 Å². The van der Waals surface area contributed by atoms with E-state index in [0.717, 1.165) is 23.9 Å². The summed E-state index contributed by atoms with van der Waals surface area (Å²) in [6, 6.07) is 0. The first-order valence-corrected chi connectivity index (χ1v) is 10.5. The van der Waals surface area contributed by atoms with Gasteiger partial charge in [-0.05, 0) is 6.08 Å². The molecule has 1 rings (SSSR count). The molecular weight excluding hydrogens is 432 g/mol. The predicted octanol–water partition coefficient (Wildman–Crippen LogP) is -0.215. The number of ether oxygens (including phenoxy) is 2. The summed E-state index contributed by atoms with van der Waals surface area (Å²) in [5.74, 6) is -3.59. The maximum absolute atomic E-state index is 12.6. The average molecular weight is 458 g/mol. The fraction of sp³-hybridized carbons (Fsp3) is 0.579. The molecule has 0 fully saturated rings. The van der Waals surface area contributed by atoms with E-state index in [4.69, 9.17) is 14.6 Å². The van der Waals surface area contributed by atoms with Crippen molar-refractivity contribution < 1.29 is 43.3 Å². The molecule has 12 heteroatoms. The van der Waals surface area contributed by atoms with E-state index in [0.29, 0.717) is 5.75 Å². The minimum absolute atomic E-state index is 0.0187. The predicted molar refractivity (Wildman–Crippen MR) is 109 cm³/mol. The van der Waals surface area contributed by atoms with Crippen molar-refractivity contribution in [2.45, 2.75) is 39.2 Å². The maximum Gasteiger partial charge on any atom is 0.331 e. The molecule has 0 saturated heterocycles. The third-order valence-electron chi connectivity index (χ3n) is 4.01. The molecule has 2 amide bonds.